The van der Waals surface area contributed by atoms with Crippen LogP contribution in [-0.2, 0) is 17.6 Å². The van der Waals surface area contributed by atoms with Crippen molar-refractivity contribution >= 4 is 17.3 Å². The zero-order valence-corrected chi connectivity index (χ0v) is 24.2. The number of carbonyl (C=O) groups is 1. The fraction of sp³-hybridized carbons (Fsp3) is 0.424. The number of hydrogen-bond acceptors (Lipinski definition) is 5. The minimum absolute atomic E-state index is 0.178. The Morgan fingerprint density at radius 3 is 1.77 bits per heavy atom. The van der Waals surface area contributed by atoms with Crippen LogP contribution in [0.4, 0.5) is 37.7 Å². The number of benzene rings is 3. The zero-order valence-electron chi connectivity index (χ0n) is 24.2. The fourth-order valence-electron chi connectivity index (χ4n) is 6.70. The van der Waals surface area contributed by atoms with Crippen molar-refractivity contribution in [1.29, 1.82) is 0 Å². The third-order valence-corrected chi connectivity index (χ3v) is 8.70. The summed E-state index contributed by atoms with van der Waals surface area (Å²) in [5, 5.41) is 0. The first kappa shape index (κ1) is 30.1. The van der Waals surface area contributed by atoms with Gasteiger partial charge in [0.1, 0.15) is 11.5 Å². The number of hydrogen-bond donors (Lipinski definition) is 0. The maximum Gasteiger partial charge on any atom is 0.390 e. The predicted octanol–water partition coefficient (Wildman–Crippen LogP) is 8.17. The van der Waals surface area contributed by atoms with E-state index in [1.807, 2.05) is 24.3 Å². The highest BCUT2D eigenvalue weighted by Crippen LogP contribution is 2.52. The summed E-state index contributed by atoms with van der Waals surface area (Å²) >= 11 is 0. The van der Waals surface area contributed by atoms with E-state index in [1.54, 1.807) is 34.1 Å². The number of methoxy groups -OCH3 is 1. The van der Waals surface area contributed by atoms with E-state index in [9.17, 15) is 31.1 Å². The molecule has 0 unspecified atom stereocenters. The van der Waals surface area contributed by atoms with Crippen LogP contribution in [-0.4, -0.2) is 51.6 Å². The molecular weight excluding hydrogens is 586 g/mol. The van der Waals surface area contributed by atoms with Crippen molar-refractivity contribution in [2.24, 2.45) is 0 Å². The lowest BCUT2D eigenvalue weighted by Crippen LogP contribution is -2.33. The third-order valence-electron chi connectivity index (χ3n) is 8.70. The topological polar surface area (TPSA) is 42.0 Å². The number of anilines is 2. The number of ether oxygens (including phenoxy) is 2. The summed E-state index contributed by atoms with van der Waals surface area (Å²) in [7, 11) is 1.31. The van der Waals surface area contributed by atoms with Gasteiger partial charge in [-0.3, -0.25) is 0 Å². The molecule has 0 radical (unpaired) electrons. The highest BCUT2D eigenvalue weighted by molar-refractivity contribution is 5.92. The number of rotatable bonds is 6. The van der Waals surface area contributed by atoms with Crippen molar-refractivity contribution in [1.82, 2.24) is 0 Å². The maximum absolute atomic E-state index is 13.1. The summed E-state index contributed by atoms with van der Waals surface area (Å²) in [6.45, 7) is 0.605. The van der Waals surface area contributed by atoms with E-state index < -0.39 is 37.1 Å². The molecule has 3 aliphatic rings. The molecule has 0 amide bonds. The quantitative estimate of drug-likeness (QED) is 0.161. The minimum atomic E-state index is -4.29. The smallest absolute Gasteiger partial charge is 0.390 e. The summed E-state index contributed by atoms with van der Waals surface area (Å²) in [4.78, 5) is 16.4. The van der Waals surface area contributed by atoms with Gasteiger partial charge in [-0.05, 0) is 60.6 Å². The van der Waals surface area contributed by atoms with Crippen molar-refractivity contribution in [3.05, 3.63) is 81.9 Å². The Bertz CT molecular complexity index is 1480. The second kappa shape index (κ2) is 11.6. The number of nitrogens with zero attached hydrogens (tertiary/aromatic N) is 2. The summed E-state index contributed by atoms with van der Waals surface area (Å²) in [6, 6.07) is 14.6. The first-order chi connectivity index (χ1) is 20.9. The van der Waals surface area contributed by atoms with Gasteiger partial charge in [0.2, 0.25) is 0 Å². The molecule has 3 aromatic rings. The van der Waals surface area contributed by atoms with Crippen molar-refractivity contribution < 1.29 is 40.6 Å². The van der Waals surface area contributed by atoms with E-state index in [-0.39, 0.29) is 13.1 Å². The van der Waals surface area contributed by atoms with Gasteiger partial charge in [0.15, 0.2) is 0 Å². The Morgan fingerprint density at radius 1 is 0.795 bits per heavy atom. The average Bonchev–Trinajstić information content (AvgIpc) is 2.98. The van der Waals surface area contributed by atoms with Crippen molar-refractivity contribution in [2.75, 3.05) is 43.1 Å². The van der Waals surface area contributed by atoms with Gasteiger partial charge in [0.25, 0.3) is 0 Å². The Balaban J connectivity index is 1.49. The largest absolute Gasteiger partial charge is 0.465 e. The van der Waals surface area contributed by atoms with Gasteiger partial charge < -0.3 is 19.3 Å². The maximum atomic E-state index is 13.1. The normalized spacial score (nSPS) is 16.4. The second-order valence-electron chi connectivity index (χ2n) is 11.6. The lowest BCUT2D eigenvalue weighted by molar-refractivity contribution is -0.133. The van der Waals surface area contributed by atoms with Crippen LogP contribution >= 0.6 is 0 Å². The zero-order chi connectivity index (χ0) is 31.2. The molecule has 3 aliphatic heterocycles. The van der Waals surface area contributed by atoms with Crippen LogP contribution in [0.15, 0.2) is 48.5 Å². The third kappa shape index (κ3) is 6.05. The van der Waals surface area contributed by atoms with Crippen LogP contribution in [0, 0.1) is 0 Å². The lowest BCUT2D eigenvalue weighted by Gasteiger charge is -2.37. The van der Waals surface area contributed by atoms with Gasteiger partial charge in [0.05, 0.1) is 25.5 Å². The SMILES string of the molecule is COC(=O)c1ccccc1C1c2cc3c(cc2Oc2cc4c(cc21)CCCN4CCC(F)(F)F)N(CCC(F)(F)F)CCC3. The number of esters is 1. The van der Waals surface area contributed by atoms with Crippen LogP contribution < -0.4 is 14.5 Å². The number of alkyl halides is 6. The van der Waals surface area contributed by atoms with Gasteiger partial charge in [0, 0.05) is 66.7 Å². The predicted molar refractivity (Wildman–Crippen MR) is 154 cm³/mol. The monoisotopic (exact) mass is 618 g/mol. The molecule has 0 aromatic heterocycles. The molecule has 44 heavy (non-hydrogen) atoms. The highest BCUT2D eigenvalue weighted by Gasteiger charge is 2.37. The van der Waals surface area contributed by atoms with E-state index in [2.05, 4.69) is 0 Å². The number of fused-ring (bicyclic) bond motifs is 4. The fourth-order valence-corrected chi connectivity index (χ4v) is 6.70. The molecule has 3 aromatic carbocycles. The van der Waals surface area contributed by atoms with Crippen LogP contribution in [0.25, 0.3) is 0 Å². The van der Waals surface area contributed by atoms with Crippen molar-refractivity contribution in [2.45, 2.75) is 56.8 Å². The molecule has 11 heteroatoms. The summed E-state index contributed by atoms with van der Waals surface area (Å²) in [6.07, 6.45) is -7.70. The molecule has 0 spiro atoms. The Morgan fingerprint density at radius 2 is 1.30 bits per heavy atom. The summed E-state index contributed by atoms with van der Waals surface area (Å²) in [5.41, 5.74) is 5.75. The van der Waals surface area contributed by atoms with E-state index in [0.717, 1.165) is 22.3 Å². The number of halogens is 6. The molecule has 0 saturated heterocycles. The molecule has 0 saturated carbocycles. The molecule has 0 atom stereocenters. The summed E-state index contributed by atoms with van der Waals surface area (Å²) in [5.74, 6) is -0.103. The molecule has 0 bridgehead atoms. The van der Waals surface area contributed by atoms with Crippen LogP contribution in [0.2, 0.25) is 0 Å². The first-order valence-electron chi connectivity index (χ1n) is 14.7. The molecule has 234 valence electrons. The molecule has 0 fully saturated rings. The Hall–Kier alpha value is -3.89. The van der Waals surface area contributed by atoms with Gasteiger partial charge >= 0.3 is 18.3 Å². The molecule has 6 rings (SSSR count). The molecular formula is C33H32F6N2O3. The van der Waals surface area contributed by atoms with Gasteiger partial charge in [-0.1, -0.05) is 18.2 Å². The van der Waals surface area contributed by atoms with Gasteiger partial charge in [-0.25, -0.2) is 4.79 Å². The molecule has 3 heterocycles. The number of carbonyl (C=O) groups excluding carboxylic acids is 1. The Kier molecular flexibility index (Phi) is 7.92. The van der Waals surface area contributed by atoms with Crippen LogP contribution in [0.1, 0.15) is 69.8 Å². The summed E-state index contributed by atoms with van der Waals surface area (Å²) < 4.78 is 90.3. The van der Waals surface area contributed by atoms with E-state index in [4.69, 9.17) is 9.47 Å². The number of aryl methyl sites for hydroxylation is 2. The standard InChI is InChI=1S/C33H32F6N2O3/c1-43-31(42)23-9-3-2-8-22(23)30-24-16-20-6-4-12-40(14-10-32(34,35)36)26(20)18-28(24)44-29-19-27-21(17-25(29)30)7-5-13-41(27)15-11-33(37,38)39/h2-3,8-9,16-19,30H,4-7,10-15H2,1H3. The second-order valence-corrected chi connectivity index (χ2v) is 11.6. The molecule has 0 aliphatic carbocycles. The Labute approximate surface area is 251 Å². The average molecular weight is 619 g/mol. The molecule has 5 nitrogen and oxygen atoms in total. The first-order valence-corrected chi connectivity index (χ1v) is 14.7. The van der Waals surface area contributed by atoms with Crippen molar-refractivity contribution in [3.8, 4) is 11.5 Å². The highest BCUT2D eigenvalue weighted by atomic mass is 19.4. The van der Waals surface area contributed by atoms with Gasteiger partial charge in [-0.15, -0.1) is 0 Å². The van der Waals surface area contributed by atoms with Gasteiger partial charge in [-0.2, -0.15) is 26.3 Å². The van der Waals surface area contributed by atoms with E-state index in [0.29, 0.717) is 72.8 Å². The minimum Gasteiger partial charge on any atom is -0.465 e. The van der Waals surface area contributed by atoms with E-state index in [1.165, 1.54) is 7.11 Å². The van der Waals surface area contributed by atoms with Crippen LogP contribution in [0.3, 0.4) is 0 Å². The van der Waals surface area contributed by atoms with Crippen LogP contribution in [0.5, 0.6) is 11.5 Å². The molecule has 0 N–H and O–H groups in total. The van der Waals surface area contributed by atoms with E-state index >= 15 is 0 Å². The van der Waals surface area contributed by atoms with Crippen molar-refractivity contribution in [3.63, 3.8) is 0 Å². The lowest BCUT2D eigenvalue weighted by atomic mass is 9.78.